The topological polar surface area (TPSA) is 71.3 Å². The molecular formula is C23H25N5O2. The number of Topliss-reactive ketones (excluding diaryl/α,β-unsaturated/α-hetero) is 1. The van der Waals surface area contributed by atoms with Gasteiger partial charge in [-0.25, -0.2) is 4.68 Å². The quantitative estimate of drug-likeness (QED) is 0.613. The van der Waals surface area contributed by atoms with Crippen LogP contribution in [-0.2, 0) is 6.42 Å². The Morgan fingerprint density at radius 1 is 0.900 bits per heavy atom. The zero-order valence-electron chi connectivity index (χ0n) is 17.3. The van der Waals surface area contributed by atoms with E-state index in [1.165, 1.54) is 5.56 Å². The van der Waals surface area contributed by atoms with E-state index in [-0.39, 0.29) is 11.7 Å². The van der Waals surface area contributed by atoms with Gasteiger partial charge in [0, 0.05) is 37.4 Å². The molecule has 7 heteroatoms. The Morgan fingerprint density at radius 2 is 1.53 bits per heavy atom. The first kappa shape index (κ1) is 19.8. The number of nitrogens with zero attached hydrogens (tertiary/aromatic N) is 5. The summed E-state index contributed by atoms with van der Waals surface area (Å²) in [6, 6.07) is 15.7. The lowest BCUT2D eigenvalue weighted by Crippen LogP contribution is -2.48. The molecular weight excluding hydrogens is 378 g/mol. The summed E-state index contributed by atoms with van der Waals surface area (Å²) in [7, 11) is 0. The van der Waals surface area contributed by atoms with Gasteiger partial charge in [0.05, 0.1) is 11.9 Å². The normalized spacial score (nSPS) is 14.1. The van der Waals surface area contributed by atoms with Crippen LogP contribution in [0.4, 0.5) is 5.69 Å². The molecule has 154 valence electrons. The van der Waals surface area contributed by atoms with Crippen LogP contribution in [-0.4, -0.2) is 57.8 Å². The molecule has 0 N–H and O–H groups in total. The predicted octanol–water partition coefficient (Wildman–Crippen LogP) is 2.99. The summed E-state index contributed by atoms with van der Waals surface area (Å²) in [5.41, 5.74) is 4.27. The van der Waals surface area contributed by atoms with Gasteiger partial charge in [-0.2, -0.15) is 0 Å². The largest absolute Gasteiger partial charge is 0.368 e. The number of hydrogen-bond acceptors (Lipinski definition) is 5. The van der Waals surface area contributed by atoms with Gasteiger partial charge >= 0.3 is 0 Å². The lowest BCUT2D eigenvalue weighted by Gasteiger charge is -2.35. The third-order valence-electron chi connectivity index (χ3n) is 5.53. The van der Waals surface area contributed by atoms with Gasteiger partial charge < -0.3 is 9.80 Å². The van der Waals surface area contributed by atoms with E-state index in [1.807, 2.05) is 41.3 Å². The van der Waals surface area contributed by atoms with E-state index < -0.39 is 0 Å². The first-order valence-corrected chi connectivity index (χ1v) is 10.2. The van der Waals surface area contributed by atoms with E-state index in [0.717, 1.165) is 30.9 Å². The fraction of sp³-hybridized carbons (Fsp3) is 0.304. The van der Waals surface area contributed by atoms with Crippen LogP contribution < -0.4 is 4.90 Å². The maximum atomic E-state index is 12.9. The van der Waals surface area contributed by atoms with Gasteiger partial charge in [0.15, 0.2) is 11.5 Å². The van der Waals surface area contributed by atoms with E-state index >= 15 is 0 Å². The van der Waals surface area contributed by atoms with Crippen LogP contribution in [0.1, 0.15) is 40.3 Å². The molecule has 1 fully saturated rings. The minimum Gasteiger partial charge on any atom is -0.368 e. The minimum atomic E-state index is -0.0991. The highest BCUT2D eigenvalue weighted by Gasteiger charge is 2.24. The highest BCUT2D eigenvalue weighted by atomic mass is 16.2. The van der Waals surface area contributed by atoms with Crippen molar-refractivity contribution in [2.45, 2.75) is 20.3 Å². The molecule has 3 aromatic rings. The number of benzene rings is 2. The molecule has 1 aromatic heterocycles. The number of aryl methyl sites for hydroxylation is 1. The molecule has 0 atom stereocenters. The fourth-order valence-electron chi connectivity index (χ4n) is 3.61. The first-order valence-electron chi connectivity index (χ1n) is 10.2. The van der Waals surface area contributed by atoms with Crippen molar-refractivity contribution in [3.8, 4) is 5.69 Å². The monoisotopic (exact) mass is 403 g/mol. The van der Waals surface area contributed by atoms with Crippen molar-refractivity contribution in [2.24, 2.45) is 0 Å². The standard InChI is InChI=1S/C23H25N5O2/c1-3-18-4-8-21(9-5-18)28-16-22(24-25-28)23(30)27-14-12-26(13-15-27)20-10-6-19(7-11-20)17(2)29/h4-11,16H,3,12-15H2,1-2H3. The Bertz CT molecular complexity index is 1030. The van der Waals surface area contributed by atoms with Crippen molar-refractivity contribution in [3.63, 3.8) is 0 Å². The average molecular weight is 403 g/mol. The van der Waals surface area contributed by atoms with Crippen LogP contribution in [0.5, 0.6) is 0 Å². The molecule has 4 rings (SSSR count). The molecule has 0 saturated carbocycles. The minimum absolute atomic E-state index is 0.0614. The number of rotatable bonds is 5. The van der Waals surface area contributed by atoms with E-state index in [0.29, 0.717) is 24.3 Å². The Morgan fingerprint density at radius 3 is 2.13 bits per heavy atom. The molecule has 1 aliphatic heterocycles. The van der Waals surface area contributed by atoms with Gasteiger partial charge in [-0.3, -0.25) is 9.59 Å². The second-order valence-electron chi connectivity index (χ2n) is 7.45. The Labute approximate surface area is 175 Å². The summed E-state index contributed by atoms with van der Waals surface area (Å²) in [6.45, 7) is 6.38. The number of aromatic nitrogens is 3. The van der Waals surface area contributed by atoms with Crippen LogP contribution >= 0.6 is 0 Å². The second kappa shape index (κ2) is 8.49. The summed E-state index contributed by atoms with van der Waals surface area (Å²) in [5, 5.41) is 8.21. The molecule has 0 spiro atoms. The molecule has 0 unspecified atom stereocenters. The summed E-state index contributed by atoms with van der Waals surface area (Å²) < 4.78 is 1.64. The molecule has 7 nitrogen and oxygen atoms in total. The van der Waals surface area contributed by atoms with Crippen LogP contribution in [0, 0.1) is 0 Å². The lowest BCUT2D eigenvalue weighted by molar-refractivity contribution is 0.0740. The van der Waals surface area contributed by atoms with Crippen molar-refractivity contribution < 1.29 is 9.59 Å². The van der Waals surface area contributed by atoms with Crippen LogP contribution in [0.3, 0.4) is 0 Å². The molecule has 30 heavy (non-hydrogen) atoms. The van der Waals surface area contributed by atoms with Gasteiger partial charge in [-0.1, -0.05) is 24.3 Å². The Hall–Kier alpha value is -3.48. The Balaban J connectivity index is 1.38. The van der Waals surface area contributed by atoms with Crippen LogP contribution in [0.25, 0.3) is 5.69 Å². The molecule has 2 aromatic carbocycles. The van der Waals surface area contributed by atoms with Crippen molar-refractivity contribution in [2.75, 3.05) is 31.1 Å². The second-order valence-corrected chi connectivity index (χ2v) is 7.45. The third kappa shape index (κ3) is 4.10. The lowest BCUT2D eigenvalue weighted by atomic mass is 10.1. The van der Waals surface area contributed by atoms with Crippen molar-refractivity contribution in [3.05, 3.63) is 71.5 Å². The highest BCUT2D eigenvalue weighted by molar-refractivity contribution is 5.94. The number of carbonyl (C=O) groups excluding carboxylic acids is 2. The molecule has 0 aliphatic carbocycles. The van der Waals surface area contributed by atoms with Gasteiger partial charge in [-0.05, 0) is 55.3 Å². The molecule has 1 saturated heterocycles. The van der Waals surface area contributed by atoms with Crippen molar-refractivity contribution in [1.29, 1.82) is 0 Å². The molecule has 0 radical (unpaired) electrons. The zero-order valence-corrected chi connectivity index (χ0v) is 17.3. The molecule has 2 heterocycles. The highest BCUT2D eigenvalue weighted by Crippen LogP contribution is 2.18. The molecule has 0 bridgehead atoms. The molecule has 1 amide bonds. The molecule has 1 aliphatic rings. The number of hydrogen-bond donors (Lipinski definition) is 0. The van der Waals surface area contributed by atoms with E-state index in [9.17, 15) is 9.59 Å². The number of ketones is 1. The van der Waals surface area contributed by atoms with Gasteiger partial charge in [0.25, 0.3) is 5.91 Å². The van der Waals surface area contributed by atoms with Crippen molar-refractivity contribution in [1.82, 2.24) is 19.9 Å². The van der Waals surface area contributed by atoms with Crippen LogP contribution in [0.2, 0.25) is 0 Å². The third-order valence-corrected chi connectivity index (χ3v) is 5.53. The van der Waals surface area contributed by atoms with E-state index in [4.69, 9.17) is 0 Å². The number of piperazine rings is 1. The van der Waals surface area contributed by atoms with E-state index in [2.05, 4.69) is 34.3 Å². The summed E-state index contributed by atoms with van der Waals surface area (Å²) in [5.74, 6) is -0.0377. The van der Waals surface area contributed by atoms with E-state index in [1.54, 1.807) is 17.8 Å². The maximum absolute atomic E-state index is 12.9. The smallest absolute Gasteiger partial charge is 0.276 e. The maximum Gasteiger partial charge on any atom is 0.276 e. The van der Waals surface area contributed by atoms with Gasteiger partial charge in [0.1, 0.15) is 0 Å². The van der Waals surface area contributed by atoms with Crippen LogP contribution in [0.15, 0.2) is 54.7 Å². The SMILES string of the molecule is CCc1ccc(-n2cc(C(=O)N3CCN(c4ccc(C(C)=O)cc4)CC3)nn2)cc1. The zero-order chi connectivity index (χ0) is 21.1. The first-order chi connectivity index (χ1) is 14.5. The Kier molecular flexibility index (Phi) is 5.61. The summed E-state index contributed by atoms with van der Waals surface area (Å²) in [6.07, 6.45) is 2.67. The van der Waals surface area contributed by atoms with Gasteiger partial charge in [-0.15, -0.1) is 5.10 Å². The average Bonchev–Trinajstić information content (AvgIpc) is 3.29. The fourth-order valence-corrected chi connectivity index (χ4v) is 3.61. The summed E-state index contributed by atoms with van der Waals surface area (Å²) >= 11 is 0. The number of carbonyl (C=O) groups is 2. The van der Waals surface area contributed by atoms with Crippen molar-refractivity contribution >= 4 is 17.4 Å². The predicted molar refractivity (Wildman–Crippen MR) is 115 cm³/mol. The number of amides is 1. The number of anilines is 1. The summed E-state index contributed by atoms with van der Waals surface area (Å²) in [4.78, 5) is 28.3. The van der Waals surface area contributed by atoms with Gasteiger partial charge in [0.2, 0.25) is 0 Å².